The van der Waals surface area contributed by atoms with Crippen LogP contribution in [0.2, 0.25) is 5.28 Å². The molecule has 8 heteroatoms. The van der Waals surface area contributed by atoms with Crippen LogP contribution in [0.5, 0.6) is 0 Å². The molecule has 2 aromatic rings. The maximum atomic E-state index is 5.88. The lowest BCUT2D eigenvalue weighted by molar-refractivity contribution is 0.573. The largest absolute Gasteiger partial charge is 0.354 e. The molecule has 0 spiro atoms. The van der Waals surface area contributed by atoms with Gasteiger partial charge in [0.2, 0.25) is 17.2 Å². The third kappa shape index (κ3) is 4.29. The van der Waals surface area contributed by atoms with Gasteiger partial charge in [-0.05, 0) is 37.9 Å². The van der Waals surface area contributed by atoms with Crippen LogP contribution in [0.1, 0.15) is 17.8 Å². The average Bonchev–Trinajstić information content (AvgIpc) is 2.72. The first-order valence-corrected chi connectivity index (χ1v) is 7.17. The zero-order chi connectivity index (χ0) is 15.4. The van der Waals surface area contributed by atoms with Gasteiger partial charge in [0.25, 0.3) is 0 Å². The summed E-state index contributed by atoms with van der Waals surface area (Å²) in [6, 6.07) is 2.07. The number of aryl methyl sites for hydroxylation is 3. The van der Waals surface area contributed by atoms with Crippen molar-refractivity contribution in [2.45, 2.75) is 26.8 Å². The molecule has 21 heavy (non-hydrogen) atoms. The second kappa shape index (κ2) is 6.71. The van der Waals surface area contributed by atoms with Gasteiger partial charge in [0.15, 0.2) is 0 Å². The van der Waals surface area contributed by atoms with Crippen LogP contribution >= 0.6 is 11.6 Å². The maximum Gasteiger partial charge on any atom is 0.230 e. The minimum absolute atomic E-state index is 0.190. The topological polar surface area (TPSA) is 71.8 Å². The van der Waals surface area contributed by atoms with Crippen LogP contribution in [0.25, 0.3) is 0 Å². The Morgan fingerprint density at radius 2 is 2.00 bits per heavy atom. The molecular formula is C13H20ClN7. The molecular weight excluding hydrogens is 290 g/mol. The Kier molecular flexibility index (Phi) is 4.95. The summed E-state index contributed by atoms with van der Waals surface area (Å²) in [5.41, 5.74) is 2.21. The molecule has 0 aliphatic carbocycles. The van der Waals surface area contributed by atoms with Crippen LogP contribution in [0.15, 0.2) is 6.07 Å². The van der Waals surface area contributed by atoms with Gasteiger partial charge < -0.3 is 10.2 Å². The molecule has 7 nitrogen and oxygen atoms in total. The Morgan fingerprint density at radius 3 is 2.62 bits per heavy atom. The predicted molar refractivity (Wildman–Crippen MR) is 84.0 cm³/mol. The number of halogens is 1. The molecule has 0 aromatic carbocycles. The molecule has 0 atom stereocenters. The maximum absolute atomic E-state index is 5.88. The minimum Gasteiger partial charge on any atom is -0.354 e. The summed E-state index contributed by atoms with van der Waals surface area (Å²) < 4.78 is 2.00. The number of rotatable bonds is 6. The molecule has 0 aliphatic heterocycles. The molecule has 0 fully saturated rings. The van der Waals surface area contributed by atoms with Crippen LogP contribution in [-0.2, 0) is 6.54 Å². The molecule has 0 aliphatic rings. The standard InChI is InChI=1S/C13H20ClN7/c1-9-8-10(2)21(19-9)7-5-6-15-12-16-11(14)17-13(18-12)20(3)4/h8H,5-7H2,1-4H3,(H,15,16,17,18). The Bertz CT molecular complexity index is 609. The minimum atomic E-state index is 0.190. The summed E-state index contributed by atoms with van der Waals surface area (Å²) in [4.78, 5) is 14.2. The van der Waals surface area contributed by atoms with Crippen LogP contribution in [0.4, 0.5) is 11.9 Å². The fourth-order valence-corrected chi connectivity index (χ4v) is 2.10. The lowest BCUT2D eigenvalue weighted by atomic mass is 10.4. The van der Waals surface area contributed by atoms with Crippen LogP contribution in [0.3, 0.4) is 0 Å². The third-order valence-electron chi connectivity index (χ3n) is 2.93. The summed E-state index contributed by atoms with van der Waals surface area (Å²) in [6.45, 7) is 5.65. The van der Waals surface area contributed by atoms with Gasteiger partial charge in [-0.1, -0.05) is 0 Å². The molecule has 0 amide bonds. The van der Waals surface area contributed by atoms with Gasteiger partial charge in [-0.25, -0.2) is 0 Å². The molecule has 0 radical (unpaired) electrons. The predicted octanol–water partition coefficient (Wildman–Crippen LogP) is 1.91. The highest BCUT2D eigenvalue weighted by atomic mass is 35.5. The van der Waals surface area contributed by atoms with E-state index in [9.17, 15) is 0 Å². The molecule has 114 valence electrons. The Balaban J connectivity index is 1.87. The molecule has 0 saturated carbocycles. The second-order valence-corrected chi connectivity index (χ2v) is 5.39. The number of nitrogens with one attached hydrogen (secondary N) is 1. The van der Waals surface area contributed by atoms with Gasteiger partial charge >= 0.3 is 0 Å². The molecule has 0 bridgehead atoms. The Hall–Kier alpha value is -1.89. The van der Waals surface area contributed by atoms with Crippen LogP contribution in [-0.4, -0.2) is 45.4 Å². The van der Waals surface area contributed by atoms with Gasteiger partial charge in [0, 0.05) is 32.9 Å². The van der Waals surface area contributed by atoms with Gasteiger partial charge in [-0.15, -0.1) is 0 Å². The van der Waals surface area contributed by atoms with E-state index in [1.807, 2.05) is 25.7 Å². The van der Waals surface area contributed by atoms with Crippen LogP contribution < -0.4 is 10.2 Å². The van der Waals surface area contributed by atoms with Crippen LogP contribution in [0, 0.1) is 13.8 Å². The first-order chi connectivity index (χ1) is 9.95. The number of hydrogen-bond donors (Lipinski definition) is 1. The monoisotopic (exact) mass is 309 g/mol. The molecule has 2 heterocycles. The highest BCUT2D eigenvalue weighted by molar-refractivity contribution is 6.28. The smallest absolute Gasteiger partial charge is 0.230 e. The first-order valence-electron chi connectivity index (χ1n) is 6.79. The second-order valence-electron chi connectivity index (χ2n) is 5.05. The normalized spacial score (nSPS) is 10.7. The molecule has 0 saturated heterocycles. The van der Waals surface area contributed by atoms with E-state index in [0.717, 1.165) is 25.2 Å². The summed E-state index contributed by atoms with van der Waals surface area (Å²) in [5, 5.41) is 7.78. The van der Waals surface area contributed by atoms with Crippen molar-refractivity contribution >= 4 is 23.5 Å². The lowest BCUT2D eigenvalue weighted by Gasteiger charge is -2.12. The van der Waals surface area contributed by atoms with Gasteiger partial charge in [0.1, 0.15) is 0 Å². The van der Waals surface area contributed by atoms with Crippen molar-refractivity contribution in [2.75, 3.05) is 30.9 Å². The van der Waals surface area contributed by atoms with Crippen molar-refractivity contribution in [1.82, 2.24) is 24.7 Å². The average molecular weight is 310 g/mol. The van der Waals surface area contributed by atoms with Crippen molar-refractivity contribution < 1.29 is 0 Å². The quantitative estimate of drug-likeness (QED) is 0.822. The summed E-state index contributed by atoms with van der Waals surface area (Å²) in [6.07, 6.45) is 0.919. The van der Waals surface area contributed by atoms with E-state index in [2.05, 4.69) is 38.4 Å². The van der Waals surface area contributed by atoms with Crippen molar-refractivity contribution in [2.24, 2.45) is 0 Å². The van der Waals surface area contributed by atoms with E-state index in [1.165, 1.54) is 5.69 Å². The highest BCUT2D eigenvalue weighted by Gasteiger charge is 2.06. The SMILES string of the molecule is Cc1cc(C)n(CCCNc2nc(Cl)nc(N(C)C)n2)n1. The third-order valence-corrected chi connectivity index (χ3v) is 3.10. The summed E-state index contributed by atoms with van der Waals surface area (Å²) in [5.74, 6) is 1.03. The Labute approximate surface area is 129 Å². The summed E-state index contributed by atoms with van der Waals surface area (Å²) in [7, 11) is 3.72. The van der Waals surface area contributed by atoms with Crippen molar-refractivity contribution in [3.05, 3.63) is 22.7 Å². The van der Waals surface area contributed by atoms with E-state index in [0.29, 0.717) is 11.9 Å². The van der Waals surface area contributed by atoms with E-state index < -0.39 is 0 Å². The van der Waals surface area contributed by atoms with Gasteiger partial charge in [0.05, 0.1) is 5.69 Å². The van der Waals surface area contributed by atoms with Crippen molar-refractivity contribution in [1.29, 1.82) is 0 Å². The fourth-order valence-electron chi connectivity index (χ4n) is 1.95. The molecule has 2 aromatic heterocycles. The van der Waals surface area contributed by atoms with Crippen molar-refractivity contribution in [3.8, 4) is 0 Å². The number of hydrogen-bond acceptors (Lipinski definition) is 6. The molecule has 0 unspecified atom stereocenters. The number of anilines is 2. The van der Waals surface area contributed by atoms with Gasteiger partial charge in [-0.2, -0.15) is 20.1 Å². The first kappa shape index (κ1) is 15.5. The molecule has 1 N–H and O–H groups in total. The highest BCUT2D eigenvalue weighted by Crippen LogP contribution is 2.11. The lowest BCUT2D eigenvalue weighted by Crippen LogP contribution is -2.16. The van der Waals surface area contributed by atoms with E-state index in [-0.39, 0.29) is 5.28 Å². The van der Waals surface area contributed by atoms with E-state index >= 15 is 0 Å². The zero-order valence-corrected chi connectivity index (χ0v) is 13.5. The molecule has 2 rings (SSSR count). The van der Waals surface area contributed by atoms with Crippen molar-refractivity contribution in [3.63, 3.8) is 0 Å². The van der Waals surface area contributed by atoms with Gasteiger partial charge in [-0.3, -0.25) is 4.68 Å². The summed E-state index contributed by atoms with van der Waals surface area (Å²) >= 11 is 5.88. The van der Waals surface area contributed by atoms with E-state index in [4.69, 9.17) is 11.6 Å². The fraction of sp³-hybridized carbons (Fsp3) is 0.538. The number of aromatic nitrogens is 5. The van der Waals surface area contributed by atoms with E-state index in [1.54, 1.807) is 4.90 Å². The number of nitrogens with zero attached hydrogens (tertiary/aromatic N) is 6. The zero-order valence-electron chi connectivity index (χ0n) is 12.8. The Morgan fingerprint density at radius 1 is 1.24 bits per heavy atom.